The third kappa shape index (κ3) is 7.51. The number of allylic oxidation sites excluding steroid dienone is 7. The van der Waals surface area contributed by atoms with Gasteiger partial charge in [-0.3, -0.25) is 19.3 Å². The highest BCUT2D eigenvalue weighted by Gasteiger charge is 2.45. The smallest absolute Gasteiger partial charge is 0.236 e. The number of benzene rings is 4. The van der Waals surface area contributed by atoms with Gasteiger partial charge in [-0.2, -0.15) is 4.58 Å². The molecule has 63 heavy (non-hydrogen) atoms. The molecule has 0 saturated carbocycles. The molecule has 7 nitrogen and oxygen atoms in total. The molecule has 2 aliphatic carbocycles. The second-order valence-electron chi connectivity index (χ2n) is 18.3. The lowest BCUT2D eigenvalue weighted by Crippen LogP contribution is -2.66. The van der Waals surface area contributed by atoms with Crippen molar-refractivity contribution in [1.82, 2.24) is 9.80 Å². The van der Waals surface area contributed by atoms with E-state index in [1.807, 2.05) is 98.8 Å². The second kappa shape index (κ2) is 17.0. The van der Waals surface area contributed by atoms with E-state index in [0.29, 0.717) is 46.9 Å². The van der Waals surface area contributed by atoms with Crippen LogP contribution in [0.5, 0.6) is 0 Å². The van der Waals surface area contributed by atoms with Gasteiger partial charge >= 0.3 is 0 Å². The number of thiocarbonyl (C=S) groups is 1. The average molecular weight is 856 g/mol. The summed E-state index contributed by atoms with van der Waals surface area (Å²) < 4.78 is 2.19. The minimum atomic E-state index is -1.37. The van der Waals surface area contributed by atoms with Gasteiger partial charge in [0, 0.05) is 64.4 Å². The molecule has 1 saturated heterocycles. The number of hydrogen-bond acceptors (Lipinski definition) is 5. The molecule has 4 aromatic rings. The van der Waals surface area contributed by atoms with E-state index in [-0.39, 0.29) is 28.8 Å². The zero-order valence-electron chi connectivity index (χ0n) is 37.7. The van der Waals surface area contributed by atoms with Crippen LogP contribution in [0.15, 0.2) is 144 Å². The third-order valence-corrected chi connectivity index (χ3v) is 14.5. The average Bonchev–Trinajstić information content (AvgIpc) is 3.60. The first-order chi connectivity index (χ1) is 30.1. The van der Waals surface area contributed by atoms with E-state index in [1.54, 1.807) is 9.80 Å². The summed E-state index contributed by atoms with van der Waals surface area (Å²) in [5.74, 6) is -1.12. The Labute approximate surface area is 377 Å². The molecule has 1 amide bonds. The number of ketones is 2. The molecule has 3 unspecified atom stereocenters. The van der Waals surface area contributed by atoms with Crippen LogP contribution in [-0.2, 0) is 15.6 Å². The molecule has 322 valence electrons. The van der Waals surface area contributed by atoms with Crippen molar-refractivity contribution < 1.29 is 24.1 Å². The summed E-state index contributed by atoms with van der Waals surface area (Å²) in [5, 5.41) is 14.9. The van der Waals surface area contributed by atoms with Crippen LogP contribution in [-0.4, -0.2) is 69.0 Å². The Balaban J connectivity index is 1.20. The van der Waals surface area contributed by atoms with Crippen LogP contribution in [0.1, 0.15) is 122 Å². The molecule has 2 aliphatic heterocycles. The van der Waals surface area contributed by atoms with Gasteiger partial charge in [-0.05, 0) is 111 Å². The van der Waals surface area contributed by atoms with Crippen molar-refractivity contribution in [2.75, 3.05) is 20.1 Å². The molecule has 3 atom stereocenters. The van der Waals surface area contributed by atoms with Crippen molar-refractivity contribution in [3.63, 3.8) is 0 Å². The Kier molecular flexibility index (Phi) is 11.8. The normalized spacial score (nSPS) is 23.0. The number of carbonyl (C=O) groups is 3. The number of nitrogens with zero attached hydrogens (tertiary/aromatic N) is 3. The molecule has 0 spiro atoms. The van der Waals surface area contributed by atoms with Gasteiger partial charge in [0.1, 0.15) is 7.05 Å². The highest BCUT2D eigenvalue weighted by Crippen LogP contribution is 2.51. The fraction of sp³-hybridized carbons (Fsp3) is 0.327. The first-order valence-electron chi connectivity index (χ1n) is 22.3. The van der Waals surface area contributed by atoms with Crippen LogP contribution in [0.3, 0.4) is 0 Å². The molecule has 4 aliphatic rings. The van der Waals surface area contributed by atoms with Crippen molar-refractivity contribution in [1.29, 1.82) is 0 Å². The molecule has 0 N–H and O–H groups in total. The van der Waals surface area contributed by atoms with E-state index in [4.69, 9.17) is 12.2 Å². The van der Waals surface area contributed by atoms with Crippen molar-refractivity contribution in [2.45, 2.75) is 90.7 Å². The summed E-state index contributed by atoms with van der Waals surface area (Å²) >= 11 is 5.74. The Morgan fingerprint density at radius 2 is 1.38 bits per heavy atom. The zero-order chi connectivity index (χ0) is 45.0. The lowest BCUT2D eigenvalue weighted by Gasteiger charge is -2.51. The van der Waals surface area contributed by atoms with Crippen molar-refractivity contribution in [3.05, 3.63) is 183 Å². The minimum Gasteiger partial charge on any atom is -0.835 e. The van der Waals surface area contributed by atoms with Gasteiger partial charge in [0.2, 0.25) is 11.6 Å². The van der Waals surface area contributed by atoms with Crippen molar-refractivity contribution in [3.8, 4) is 0 Å². The SMILES string of the molecule is CCN1C(=O)C(C2=C(C=CC3=[N+](C)c4ccc(C(=O)c5ccccc5)cc4C3(C)C)CCCC2=CC=C2C(C)c3ccc(C(=O)c4ccccc4)cc3C2(C)C)C([O-])N(CC)C1=S. The first-order valence-corrected chi connectivity index (χ1v) is 22.7. The fourth-order valence-electron chi connectivity index (χ4n) is 10.6. The molecule has 0 bridgehead atoms. The van der Waals surface area contributed by atoms with E-state index in [1.165, 1.54) is 11.1 Å². The predicted molar refractivity (Wildman–Crippen MR) is 254 cm³/mol. The lowest BCUT2D eigenvalue weighted by atomic mass is 9.76. The highest BCUT2D eigenvalue weighted by atomic mass is 32.1. The second-order valence-corrected chi connectivity index (χ2v) is 18.7. The molecule has 8 heteroatoms. The first kappa shape index (κ1) is 43.8. The largest absolute Gasteiger partial charge is 0.835 e. The molecule has 0 aromatic heterocycles. The molecule has 4 aromatic carbocycles. The molecule has 2 heterocycles. The predicted octanol–water partition coefficient (Wildman–Crippen LogP) is 9.91. The zero-order valence-corrected chi connectivity index (χ0v) is 38.5. The Bertz CT molecular complexity index is 2700. The van der Waals surface area contributed by atoms with Crippen molar-refractivity contribution in [2.24, 2.45) is 5.92 Å². The van der Waals surface area contributed by atoms with Crippen LogP contribution < -0.4 is 5.11 Å². The molecular formula is C55H57N3O4S. The lowest BCUT2D eigenvalue weighted by molar-refractivity contribution is -0.459. The van der Waals surface area contributed by atoms with Crippen LogP contribution >= 0.6 is 12.2 Å². The summed E-state index contributed by atoms with van der Waals surface area (Å²) in [5.41, 5.74) is 11.3. The maximum Gasteiger partial charge on any atom is 0.236 e. The Morgan fingerprint density at radius 1 is 0.778 bits per heavy atom. The van der Waals surface area contributed by atoms with Crippen LogP contribution in [0.2, 0.25) is 0 Å². The van der Waals surface area contributed by atoms with Crippen LogP contribution in [0, 0.1) is 5.92 Å². The minimum absolute atomic E-state index is 0.00199. The number of fused-ring (bicyclic) bond motifs is 2. The van der Waals surface area contributed by atoms with E-state index < -0.39 is 17.6 Å². The number of hydrogen-bond donors (Lipinski definition) is 0. The molecule has 0 radical (unpaired) electrons. The summed E-state index contributed by atoms with van der Waals surface area (Å²) in [6.45, 7) is 15.6. The van der Waals surface area contributed by atoms with Gasteiger partial charge in [-0.1, -0.05) is 117 Å². The third-order valence-electron chi connectivity index (χ3n) is 14.1. The monoisotopic (exact) mass is 855 g/mol. The number of rotatable bonds is 10. The van der Waals surface area contributed by atoms with E-state index in [0.717, 1.165) is 52.1 Å². The van der Waals surface area contributed by atoms with Gasteiger partial charge in [-0.15, -0.1) is 0 Å². The van der Waals surface area contributed by atoms with Gasteiger partial charge in [0.15, 0.2) is 22.4 Å². The Hall–Kier alpha value is -5.83. The summed E-state index contributed by atoms with van der Waals surface area (Å²) in [7, 11) is 2.06. The van der Waals surface area contributed by atoms with Crippen molar-refractivity contribution >= 4 is 46.2 Å². The maximum absolute atomic E-state index is 14.6. The van der Waals surface area contributed by atoms with E-state index in [9.17, 15) is 19.5 Å². The van der Waals surface area contributed by atoms with E-state index in [2.05, 4.69) is 82.7 Å². The van der Waals surface area contributed by atoms with Gasteiger partial charge in [-0.25, -0.2) is 0 Å². The standard InChI is InChI=1S/C55H57N3O4S/c1-9-57-51(61)48(52(62)58(10-2)53(57)63)47-35(25-29-42-34(3)41-28-24-39(32-43(41)54(42,4)5)49(59)37-18-13-11-14-19-37)22-17-23-36(47)27-31-46-55(6,7)44-33-40(26-30-45(44)56(46)8)50(60)38-20-15-12-16-21-38/h11-16,18-21,24-34,48,51H,9-10,17,22-23H2,1-8H3. The molecule has 8 rings (SSSR count). The highest BCUT2D eigenvalue weighted by molar-refractivity contribution is 7.80. The summed E-state index contributed by atoms with van der Waals surface area (Å²) in [6, 6.07) is 30.8. The van der Waals surface area contributed by atoms with Gasteiger partial charge < -0.3 is 10.0 Å². The number of carbonyl (C=O) groups excluding carboxylic acids is 3. The fourth-order valence-corrected chi connectivity index (χ4v) is 11.0. The maximum atomic E-state index is 14.6. The van der Waals surface area contributed by atoms with Gasteiger partial charge in [0.05, 0.1) is 11.3 Å². The molecule has 1 fully saturated rings. The molecular weight excluding hydrogens is 799 g/mol. The quantitative estimate of drug-likeness (QED) is 0.0898. The van der Waals surface area contributed by atoms with E-state index >= 15 is 0 Å². The summed E-state index contributed by atoms with van der Waals surface area (Å²) in [4.78, 5) is 44.9. The topological polar surface area (TPSA) is 83.8 Å². The Morgan fingerprint density at radius 3 is 1.98 bits per heavy atom. The van der Waals surface area contributed by atoms with Crippen LogP contribution in [0.25, 0.3) is 0 Å². The number of amides is 1. The van der Waals surface area contributed by atoms with Gasteiger partial charge in [0.25, 0.3) is 0 Å². The summed E-state index contributed by atoms with van der Waals surface area (Å²) in [6.07, 6.45) is 9.58. The van der Waals surface area contributed by atoms with Crippen LogP contribution in [0.4, 0.5) is 5.69 Å².